The van der Waals surface area contributed by atoms with Crippen molar-refractivity contribution in [2.75, 3.05) is 18.3 Å². The lowest BCUT2D eigenvalue weighted by atomic mass is 10.0. The van der Waals surface area contributed by atoms with Crippen molar-refractivity contribution >= 4 is 54.5 Å². The fourth-order valence-corrected chi connectivity index (χ4v) is 6.22. The van der Waals surface area contributed by atoms with Crippen LogP contribution in [0.15, 0.2) is 34.8 Å². The number of sulfonamides is 1. The van der Waals surface area contributed by atoms with Crippen molar-refractivity contribution in [3.05, 3.63) is 46.2 Å². The Morgan fingerprint density at radius 1 is 1.37 bits per heavy atom. The van der Waals surface area contributed by atoms with Gasteiger partial charge in [0.2, 0.25) is 0 Å². The molecule has 4 aromatic rings. The van der Waals surface area contributed by atoms with Crippen LogP contribution in [0.3, 0.4) is 0 Å². The highest BCUT2D eigenvalue weighted by Gasteiger charge is 2.27. The van der Waals surface area contributed by atoms with E-state index in [0.717, 1.165) is 36.1 Å². The molecule has 0 bridgehead atoms. The van der Waals surface area contributed by atoms with E-state index >= 15 is 0 Å². The summed E-state index contributed by atoms with van der Waals surface area (Å²) in [5.41, 5.74) is 3.78. The van der Waals surface area contributed by atoms with Crippen LogP contribution >= 0.6 is 22.9 Å². The number of aromatic nitrogens is 3. The Hall–Kier alpha value is -2.07. The molecular formula is C17H16ClN5O2S2. The van der Waals surface area contributed by atoms with E-state index in [1.165, 1.54) is 21.3 Å². The molecule has 0 radical (unpaired) electrons. The number of thiazole rings is 1. The minimum atomic E-state index is -3.90. The molecule has 0 aliphatic carbocycles. The van der Waals surface area contributed by atoms with Crippen molar-refractivity contribution in [1.29, 1.82) is 0 Å². The van der Waals surface area contributed by atoms with E-state index in [2.05, 4.69) is 26.6 Å². The number of hydrogen-bond acceptors (Lipinski definition) is 5. The summed E-state index contributed by atoms with van der Waals surface area (Å²) in [4.78, 5) is 10.3. The molecule has 0 saturated heterocycles. The van der Waals surface area contributed by atoms with Gasteiger partial charge < -0.3 is 9.88 Å². The van der Waals surface area contributed by atoms with Gasteiger partial charge in [0, 0.05) is 41.3 Å². The Morgan fingerprint density at radius 3 is 3.07 bits per heavy atom. The van der Waals surface area contributed by atoms with Crippen LogP contribution in [0.5, 0.6) is 0 Å². The molecule has 2 N–H and O–H groups in total. The number of H-pyrrole nitrogens is 1. The summed E-state index contributed by atoms with van der Waals surface area (Å²) in [7, 11) is -1.83. The van der Waals surface area contributed by atoms with Gasteiger partial charge in [-0.2, -0.15) is 8.42 Å². The molecular weight excluding hydrogens is 406 g/mol. The molecule has 7 nitrogen and oxygen atoms in total. The van der Waals surface area contributed by atoms with Gasteiger partial charge in [-0.3, -0.25) is 9.12 Å². The van der Waals surface area contributed by atoms with Gasteiger partial charge in [0.15, 0.2) is 15.1 Å². The quantitative estimate of drug-likeness (QED) is 0.531. The predicted molar refractivity (Wildman–Crippen MR) is 107 cm³/mol. The minimum Gasteiger partial charge on any atom is -0.357 e. The minimum absolute atomic E-state index is 0.0285. The Balaban J connectivity index is 1.64. The molecule has 1 aliphatic heterocycles. The smallest absolute Gasteiger partial charge is 0.281 e. The van der Waals surface area contributed by atoms with Gasteiger partial charge in [0.25, 0.3) is 10.0 Å². The van der Waals surface area contributed by atoms with Gasteiger partial charge >= 0.3 is 0 Å². The van der Waals surface area contributed by atoms with Gasteiger partial charge in [-0.1, -0.05) is 17.7 Å². The fraction of sp³-hybridized carbons (Fsp3) is 0.235. The Bertz CT molecular complexity index is 1290. The molecule has 0 fully saturated rings. The predicted octanol–water partition coefficient (Wildman–Crippen LogP) is 3.32. The third-order valence-corrected chi connectivity index (χ3v) is 7.38. The molecule has 10 heteroatoms. The lowest BCUT2D eigenvalue weighted by Gasteiger charge is -2.22. The van der Waals surface area contributed by atoms with Crippen LogP contribution in [0.4, 0.5) is 5.69 Å². The van der Waals surface area contributed by atoms with Gasteiger partial charge in [0.05, 0.1) is 5.69 Å². The van der Waals surface area contributed by atoms with Crippen molar-refractivity contribution in [2.24, 2.45) is 0 Å². The summed E-state index contributed by atoms with van der Waals surface area (Å²) < 4.78 is 30.5. The topological polar surface area (TPSA) is 82.5 Å². The van der Waals surface area contributed by atoms with Crippen LogP contribution in [0.25, 0.3) is 15.9 Å². The molecule has 1 aromatic carbocycles. The third kappa shape index (κ3) is 2.65. The zero-order valence-corrected chi connectivity index (χ0v) is 16.7. The second-order valence-corrected chi connectivity index (χ2v) is 9.50. The van der Waals surface area contributed by atoms with E-state index in [4.69, 9.17) is 11.6 Å². The summed E-state index contributed by atoms with van der Waals surface area (Å²) in [5, 5.41) is 2.63. The van der Waals surface area contributed by atoms with Crippen LogP contribution in [-0.2, 0) is 23.0 Å². The van der Waals surface area contributed by atoms with Crippen LogP contribution in [0, 0.1) is 0 Å². The molecule has 140 valence electrons. The first-order valence-electron chi connectivity index (χ1n) is 8.39. The monoisotopic (exact) mass is 421 g/mol. The van der Waals surface area contributed by atoms with Crippen molar-refractivity contribution in [3.63, 3.8) is 0 Å². The average Bonchev–Trinajstić information content (AvgIpc) is 3.25. The van der Waals surface area contributed by atoms with Gasteiger partial charge in [-0.05, 0) is 31.2 Å². The highest BCUT2D eigenvalue weighted by molar-refractivity contribution is 7.92. The Morgan fingerprint density at radius 2 is 2.22 bits per heavy atom. The van der Waals surface area contributed by atoms with E-state index in [0.29, 0.717) is 10.6 Å². The Kier molecular flexibility index (Phi) is 3.77. The number of rotatable bonds is 3. The standard InChI is InChI=1S/C17H16ClN5O2S2/c1-22-6-5-10-13(9-22)19-11-3-2-4-12(14(10)11)21-27(24,25)16-15(18)20-17-23(16)7-8-26-17/h2-4,7-8,19,21H,5-6,9H2,1H3. The number of imidazole rings is 1. The molecule has 5 rings (SSSR count). The summed E-state index contributed by atoms with van der Waals surface area (Å²) in [5.74, 6) is 0. The molecule has 0 spiro atoms. The molecule has 0 amide bonds. The maximum Gasteiger partial charge on any atom is 0.281 e. The van der Waals surface area contributed by atoms with E-state index in [9.17, 15) is 8.42 Å². The van der Waals surface area contributed by atoms with E-state index in [-0.39, 0.29) is 10.2 Å². The SMILES string of the molecule is CN1CCc2c([nH]c3cccc(NS(=O)(=O)c4c(Cl)nc5sccn45)c23)C1. The average molecular weight is 422 g/mol. The second-order valence-electron chi connectivity index (χ2n) is 6.67. The van der Waals surface area contributed by atoms with E-state index in [1.807, 2.05) is 12.1 Å². The second kappa shape index (κ2) is 5.96. The first kappa shape index (κ1) is 17.1. The van der Waals surface area contributed by atoms with E-state index < -0.39 is 10.0 Å². The first-order chi connectivity index (χ1) is 12.9. The van der Waals surface area contributed by atoms with Crippen molar-refractivity contribution < 1.29 is 8.42 Å². The largest absolute Gasteiger partial charge is 0.357 e. The van der Waals surface area contributed by atoms with Gasteiger partial charge in [0.1, 0.15) is 0 Å². The third-order valence-electron chi connectivity index (χ3n) is 4.87. The van der Waals surface area contributed by atoms with Crippen LogP contribution in [0.1, 0.15) is 11.3 Å². The maximum atomic E-state index is 13.1. The van der Waals surface area contributed by atoms with Gasteiger partial charge in [-0.15, -0.1) is 11.3 Å². The number of nitrogens with zero attached hydrogens (tertiary/aromatic N) is 3. The normalized spacial score (nSPS) is 15.5. The molecule has 0 atom stereocenters. The zero-order valence-electron chi connectivity index (χ0n) is 14.4. The number of likely N-dealkylation sites (N-methyl/N-ethyl adjacent to an activating group) is 1. The number of benzene rings is 1. The molecule has 3 aromatic heterocycles. The number of aromatic amines is 1. The Labute approximate surface area is 164 Å². The van der Waals surface area contributed by atoms with Crippen molar-refractivity contribution in [2.45, 2.75) is 18.0 Å². The lowest BCUT2D eigenvalue weighted by Crippen LogP contribution is -2.26. The molecule has 4 heterocycles. The summed E-state index contributed by atoms with van der Waals surface area (Å²) in [6, 6.07) is 5.59. The molecule has 1 aliphatic rings. The number of fused-ring (bicyclic) bond motifs is 4. The molecule has 0 unspecified atom stereocenters. The summed E-state index contributed by atoms with van der Waals surface area (Å²) in [6.07, 6.45) is 2.52. The van der Waals surface area contributed by atoms with Gasteiger partial charge in [-0.25, -0.2) is 4.98 Å². The molecule has 27 heavy (non-hydrogen) atoms. The van der Waals surface area contributed by atoms with Crippen LogP contribution < -0.4 is 4.72 Å². The molecule has 0 saturated carbocycles. The maximum absolute atomic E-state index is 13.1. The van der Waals surface area contributed by atoms with Crippen LogP contribution in [0.2, 0.25) is 5.15 Å². The number of anilines is 1. The highest BCUT2D eigenvalue weighted by Crippen LogP contribution is 2.34. The lowest BCUT2D eigenvalue weighted by molar-refractivity contribution is 0.310. The number of halogens is 1. The number of hydrogen-bond donors (Lipinski definition) is 2. The zero-order chi connectivity index (χ0) is 18.8. The summed E-state index contributed by atoms with van der Waals surface area (Å²) >= 11 is 7.47. The van der Waals surface area contributed by atoms with E-state index in [1.54, 1.807) is 17.6 Å². The fourth-order valence-electron chi connectivity index (χ4n) is 3.69. The van der Waals surface area contributed by atoms with Crippen molar-refractivity contribution in [3.8, 4) is 0 Å². The van der Waals surface area contributed by atoms with Crippen LogP contribution in [-0.4, -0.2) is 41.3 Å². The first-order valence-corrected chi connectivity index (χ1v) is 11.1. The number of nitrogens with one attached hydrogen (secondary N) is 2. The highest BCUT2D eigenvalue weighted by atomic mass is 35.5. The van der Waals surface area contributed by atoms with Crippen molar-refractivity contribution in [1.82, 2.24) is 19.3 Å². The summed E-state index contributed by atoms with van der Waals surface area (Å²) in [6.45, 7) is 1.76.